The molecule has 0 heterocycles. The number of carbonyl (C=O) groups excluding carboxylic acids is 2. The standard InChI is InChI=1S/C25H34N4O9SSi/c1-36-40(3,37-2)13-5-12-39-11-4-10-38-22-8-6-18(7-9-22)14-23(24(26)30)27-25(31)19-15-20(28(32)33)17-21(16-19)29(34)35/h6-9,15-17,23H,4-5,10-14H2,1-3H3,(H2,26,30)(H,27,31). The Morgan fingerprint density at radius 2 is 1.57 bits per heavy atom. The smallest absolute Gasteiger partial charge is 0.334 e. The molecule has 0 spiro atoms. The number of non-ortho nitro benzene ring substituents is 2. The third kappa shape index (κ3) is 10.6. The van der Waals surface area contributed by atoms with Gasteiger partial charge in [0.15, 0.2) is 0 Å². The average Bonchev–Trinajstić information content (AvgIpc) is 2.94. The minimum absolute atomic E-state index is 0.0447. The first-order valence-corrected chi connectivity index (χ1v) is 16.1. The maximum atomic E-state index is 12.7. The van der Waals surface area contributed by atoms with Gasteiger partial charge in [0, 0.05) is 32.8 Å². The Morgan fingerprint density at radius 1 is 1.00 bits per heavy atom. The van der Waals surface area contributed by atoms with Gasteiger partial charge in [-0.3, -0.25) is 29.8 Å². The summed E-state index contributed by atoms with van der Waals surface area (Å²) in [6, 6.07) is 9.29. The second-order valence-electron chi connectivity index (χ2n) is 8.99. The number of nitro benzene ring substituents is 2. The second-order valence-corrected chi connectivity index (χ2v) is 13.8. The lowest BCUT2D eigenvalue weighted by atomic mass is 10.0. The van der Waals surface area contributed by atoms with Crippen LogP contribution in [0.25, 0.3) is 0 Å². The molecule has 15 heteroatoms. The van der Waals surface area contributed by atoms with E-state index in [1.807, 2.05) is 11.8 Å². The molecule has 40 heavy (non-hydrogen) atoms. The van der Waals surface area contributed by atoms with Crippen molar-refractivity contribution in [3.8, 4) is 5.75 Å². The molecule has 2 rings (SSSR count). The Kier molecular flexibility index (Phi) is 13.0. The van der Waals surface area contributed by atoms with Crippen LogP contribution in [0.3, 0.4) is 0 Å². The highest BCUT2D eigenvalue weighted by Crippen LogP contribution is 2.23. The van der Waals surface area contributed by atoms with Gasteiger partial charge in [-0.25, -0.2) is 0 Å². The first kappa shape index (κ1) is 32.7. The first-order chi connectivity index (χ1) is 19.0. The van der Waals surface area contributed by atoms with E-state index in [1.165, 1.54) is 0 Å². The molecule has 3 N–H and O–H groups in total. The van der Waals surface area contributed by atoms with E-state index in [1.54, 1.807) is 38.5 Å². The second kappa shape index (κ2) is 15.9. The number of carbonyl (C=O) groups is 2. The number of hydrogen-bond donors (Lipinski definition) is 2. The van der Waals surface area contributed by atoms with Crippen molar-refractivity contribution in [1.82, 2.24) is 5.32 Å². The summed E-state index contributed by atoms with van der Waals surface area (Å²) < 4.78 is 16.7. The van der Waals surface area contributed by atoms with Gasteiger partial charge < -0.3 is 24.6 Å². The van der Waals surface area contributed by atoms with Crippen LogP contribution in [-0.2, 0) is 20.1 Å². The van der Waals surface area contributed by atoms with E-state index >= 15 is 0 Å². The predicted molar refractivity (Wildman–Crippen MR) is 153 cm³/mol. The van der Waals surface area contributed by atoms with Crippen LogP contribution in [0.15, 0.2) is 42.5 Å². The molecule has 0 bridgehead atoms. The van der Waals surface area contributed by atoms with E-state index in [0.717, 1.165) is 48.6 Å². The molecule has 2 amide bonds. The average molecular weight is 595 g/mol. The molecule has 0 saturated carbocycles. The SMILES string of the molecule is CO[Si](C)(CCCSCCCOc1ccc(CC(NC(=O)c2cc([N+](=O)[O-])cc([N+](=O)[O-])c2)C(N)=O)cc1)OC. The van der Waals surface area contributed by atoms with Crippen molar-refractivity contribution < 1.29 is 33.0 Å². The number of benzene rings is 2. The van der Waals surface area contributed by atoms with Gasteiger partial charge in [-0.2, -0.15) is 11.8 Å². The van der Waals surface area contributed by atoms with Crippen molar-refractivity contribution in [2.75, 3.05) is 32.3 Å². The fraction of sp³-hybridized carbons (Fsp3) is 0.440. The number of ether oxygens (including phenoxy) is 1. The van der Waals surface area contributed by atoms with E-state index in [4.69, 9.17) is 19.3 Å². The maximum Gasteiger partial charge on any atom is 0.334 e. The number of nitrogens with two attached hydrogens (primary N) is 1. The number of nitrogens with one attached hydrogen (secondary N) is 1. The summed E-state index contributed by atoms with van der Waals surface area (Å²) in [5.74, 6) is 0.910. The molecule has 13 nitrogen and oxygen atoms in total. The van der Waals surface area contributed by atoms with Gasteiger partial charge in [-0.15, -0.1) is 0 Å². The molecule has 0 saturated heterocycles. The quantitative estimate of drug-likeness (QED) is 0.112. The summed E-state index contributed by atoms with van der Waals surface area (Å²) in [4.78, 5) is 45.1. The molecule has 0 aliphatic rings. The number of thioether (sulfide) groups is 1. The summed E-state index contributed by atoms with van der Waals surface area (Å²) in [5.41, 5.74) is 4.55. The highest BCUT2D eigenvalue weighted by atomic mass is 32.2. The molecule has 1 unspecified atom stereocenters. The lowest BCUT2D eigenvalue weighted by molar-refractivity contribution is -0.394. The third-order valence-corrected chi connectivity index (χ3v) is 10.2. The zero-order valence-electron chi connectivity index (χ0n) is 22.6. The van der Waals surface area contributed by atoms with Gasteiger partial charge in [0.1, 0.15) is 11.8 Å². The Balaban J connectivity index is 1.84. The molecule has 0 radical (unpaired) electrons. The topological polar surface area (TPSA) is 186 Å². The Labute approximate surface area is 237 Å². The minimum atomic E-state index is -2.00. The summed E-state index contributed by atoms with van der Waals surface area (Å²) in [6.07, 6.45) is 1.96. The number of nitro groups is 2. The fourth-order valence-corrected chi connectivity index (χ4v) is 6.12. The van der Waals surface area contributed by atoms with Gasteiger partial charge in [-0.05, 0) is 54.6 Å². The van der Waals surface area contributed by atoms with Crippen molar-refractivity contribution >= 4 is 43.5 Å². The molecule has 0 aliphatic heterocycles. The summed E-state index contributed by atoms with van der Waals surface area (Å²) in [6.45, 7) is 2.60. The minimum Gasteiger partial charge on any atom is -0.494 e. The van der Waals surface area contributed by atoms with Crippen LogP contribution in [-0.4, -0.2) is 68.6 Å². The number of rotatable bonds is 18. The van der Waals surface area contributed by atoms with Crippen LogP contribution in [0.1, 0.15) is 28.8 Å². The Hall–Kier alpha value is -3.53. The molecule has 1 atom stereocenters. The van der Waals surface area contributed by atoms with Crippen LogP contribution in [0.5, 0.6) is 5.75 Å². The van der Waals surface area contributed by atoms with Crippen LogP contribution in [0.2, 0.25) is 12.6 Å². The van der Waals surface area contributed by atoms with Gasteiger partial charge in [0.2, 0.25) is 5.91 Å². The van der Waals surface area contributed by atoms with E-state index in [9.17, 15) is 29.8 Å². The fourth-order valence-electron chi connectivity index (χ4n) is 3.59. The zero-order chi connectivity index (χ0) is 29.7. The molecule has 0 aromatic heterocycles. The van der Waals surface area contributed by atoms with Crippen molar-refractivity contribution in [3.05, 3.63) is 73.8 Å². The highest BCUT2D eigenvalue weighted by molar-refractivity contribution is 7.99. The van der Waals surface area contributed by atoms with Gasteiger partial charge in [0.25, 0.3) is 17.3 Å². The molecule has 2 aromatic carbocycles. The monoisotopic (exact) mass is 594 g/mol. The van der Waals surface area contributed by atoms with Crippen LogP contribution < -0.4 is 15.8 Å². The molecule has 218 valence electrons. The van der Waals surface area contributed by atoms with E-state index in [2.05, 4.69) is 11.9 Å². The van der Waals surface area contributed by atoms with Crippen molar-refractivity contribution in [1.29, 1.82) is 0 Å². The molecular formula is C25H34N4O9SSi. The van der Waals surface area contributed by atoms with Gasteiger partial charge >= 0.3 is 8.56 Å². The van der Waals surface area contributed by atoms with Gasteiger partial charge in [-0.1, -0.05) is 12.1 Å². The summed E-state index contributed by atoms with van der Waals surface area (Å²) in [7, 11) is 1.39. The lowest BCUT2D eigenvalue weighted by Gasteiger charge is -2.22. The number of amides is 2. The molecule has 2 aromatic rings. The predicted octanol–water partition coefficient (Wildman–Crippen LogP) is 3.59. The lowest BCUT2D eigenvalue weighted by Crippen LogP contribution is -2.45. The normalized spacial score (nSPS) is 12.0. The van der Waals surface area contributed by atoms with E-state index in [0.29, 0.717) is 17.9 Å². The van der Waals surface area contributed by atoms with Crippen LogP contribution in [0, 0.1) is 20.2 Å². The molecular weight excluding hydrogens is 560 g/mol. The van der Waals surface area contributed by atoms with E-state index in [-0.39, 0.29) is 12.0 Å². The summed E-state index contributed by atoms with van der Waals surface area (Å²) >= 11 is 1.86. The number of hydrogen-bond acceptors (Lipinski definition) is 10. The zero-order valence-corrected chi connectivity index (χ0v) is 24.4. The van der Waals surface area contributed by atoms with E-state index < -0.39 is 47.6 Å². The maximum absolute atomic E-state index is 12.7. The van der Waals surface area contributed by atoms with Crippen LogP contribution >= 0.6 is 11.8 Å². The van der Waals surface area contributed by atoms with Crippen molar-refractivity contribution in [3.63, 3.8) is 0 Å². The Morgan fingerprint density at radius 3 is 2.10 bits per heavy atom. The van der Waals surface area contributed by atoms with Gasteiger partial charge in [0.05, 0.1) is 28.1 Å². The highest BCUT2D eigenvalue weighted by Gasteiger charge is 2.27. The first-order valence-electron chi connectivity index (χ1n) is 12.4. The third-order valence-electron chi connectivity index (χ3n) is 6.08. The molecule has 0 fully saturated rings. The van der Waals surface area contributed by atoms with Crippen molar-refractivity contribution in [2.24, 2.45) is 5.73 Å². The molecule has 0 aliphatic carbocycles. The number of primary amides is 1. The number of nitrogens with zero attached hydrogens (tertiary/aromatic N) is 2. The van der Waals surface area contributed by atoms with Crippen molar-refractivity contribution in [2.45, 2.75) is 37.9 Å². The summed E-state index contributed by atoms with van der Waals surface area (Å²) in [5, 5.41) is 24.6. The van der Waals surface area contributed by atoms with Crippen LogP contribution in [0.4, 0.5) is 11.4 Å². The largest absolute Gasteiger partial charge is 0.494 e. The Bertz CT molecular complexity index is 1150.